The maximum Gasteiger partial charge on any atom is 0.151 e. The van der Waals surface area contributed by atoms with Crippen LogP contribution in [0.2, 0.25) is 5.02 Å². The lowest BCUT2D eigenvalue weighted by Crippen LogP contribution is -2.33. The summed E-state index contributed by atoms with van der Waals surface area (Å²) >= 11 is 6.17. The van der Waals surface area contributed by atoms with Crippen LogP contribution in [0.3, 0.4) is 0 Å². The molecule has 1 heterocycles. The fourth-order valence-corrected chi connectivity index (χ4v) is 3.06. The molecule has 0 N–H and O–H groups in total. The zero-order valence-electron chi connectivity index (χ0n) is 11.3. The van der Waals surface area contributed by atoms with Crippen molar-refractivity contribution in [2.45, 2.75) is 25.8 Å². The Morgan fingerprint density at radius 2 is 2.05 bits per heavy atom. The molecule has 0 saturated heterocycles. The molecule has 2 aromatic rings. The molecule has 3 rings (SSSR count). The van der Waals surface area contributed by atoms with Crippen molar-refractivity contribution in [2.24, 2.45) is 0 Å². The fraction of sp³-hybridized carbons (Fsp3) is 0.235. The molecule has 0 fully saturated rings. The van der Waals surface area contributed by atoms with Crippen LogP contribution in [0.4, 0.5) is 11.4 Å². The molecule has 1 atom stereocenters. The summed E-state index contributed by atoms with van der Waals surface area (Å²) in [7, 11) is 0. The van der Waals surface area contributed by atoms with Crippen LogP contribution < -0.4 is 4.90 Å². The van der Waals surface area contributed by atoms with E-state index in [4.69, 9.17) is 11.6 Å². The van der Waals surface area contributed by atoms with Crippen molar-refractivity contribution < 1.29 is 4.79 Å². The van der Waals surface area contributed by atoms with Crippen molar-refractivity contribution in [2.75, 3.05) is 4.90 Å². The third kappa shape index (κ3) is 2.20. The molecule has 2 nitrogen and oxygen atoms in total. The Morgan fingerprint density at radius 3 is 2.80 bits per heavy atom. The van der Waals surface area contributed by atoms with Crippen LogP contribution in [0.25, 0.3) is 0 Å². The van der Waals surface area contributed by atoms with Gasteiger partial charge in [-0.3, -0.25) is 4.79 Å². The van der Waals surface area contributed by atoms with E-state index in [1.54, 1.807) is 6.07 Å². The van der Waals surface area contributed by atoms with Gasteiger partial charge in [-0.2, -0.15) is 0 Å². The lowest BCUT2D eigenvalue weighted by molar-refractivity contribution is 0.112. The molecule has 3 heteroatoms. The number of halogens is 1. The molecule has 0 aliphatic carbocycles. The Bertz CT molecular complexity index is 653. The Balaban J connectivity index is 2.09. The second-order valence-electron chi connectivity index (χ2n) is 5.21. The van der Waals surface area contributed by atoms with E-state index < -0.39 is 0 Å². The van der Waals surface area contributed by atoms with Gasteiger partial charge in [0.25, 0.3) is 0 Å². The zero-order chi connectivity index (χ0) is 14.1. The molecular weight excluding hydrogens is 270 g/mol. The van der Waals surface area contributed by atoms with Crippen molar-refractivity contribution in [1.82, 2.24) is 0 Å². The second-order valence-corrected chi connectivity index (χ2v) is 5.62. The van der Waals surface area contributed by atoms with E-state index in [9.17, 15) is 4.79 Å². The first-order valence-corrected chi connectivity index (χ1v) is 7.20. The minimum absolute atomic E-state index is 0.419. The Kier molecular flexibility index (Phi) is 3.49. The van der Waals surface area contributed by atoms with Gasteiger partial charge in [0.15, 0.2) is 6.29 Å². The largest absolute Gasteiger partial charge is 0.338 e. The molecule has 1 unspecified atom stereocenters. The number of benzene rings is 2. The number of anilines is 2. The van der Waals surface area contributed by atoms with E-state index in [1.165, 1.54) is 11.3 Å². The van der Waals surface area contributed by atoms with Crippen LogP contribution in [-0.2, 0) is 6.42 Å². The van der Waals surface area contributed by atoms with Crippen LogP contribution in [0.15, 0.2) is 42.5 Å². The van der Waals surface area contributed by atoms with Crippen LogP contribution in [0.1, 0.15) is 29.3 Å². The number of aldehydes is 1. The molecule has 0 radical (unpaired) electrons. The Morgan fingerprint density at radius 1 is 1.25 bits per heavy atom. The topological polar surface area (TPSA) is 20.3 Å². The average molecular weight is 286 g/mol. The third-order valence-corrected chi connectivity index (χ3v) is 4.24. The van der Waals surface area contributed by atoms with E-state index >= 15 is 0 Å². The smallest absolute Gasteiger partial charge is 0.151 e. The van der Waals surface area contributed by atoms with Crippen LogP contribution in [0, 0.1) is 0 Å². The zero-order valence-corrected chi connectivity index (χ0v) is 12.1. The number of rotatable bonds is 2. The molecular formula is C17H16ClNO. The number of hydrogen-bond acceptors (Lipinski definition) is 2. The highest BCUT2D eigenvalue weighted by Gasteiger charge is 2.24. The molecule has 2 aromatic carbocycles. The first kappa shape index (κ1) is 13.2. The van der Waals surface area contributed by atoms with Crippen molar-refractivity contribution in [3.63, 3.8) is 0 Å². The van der Waals surface area contributed by atoms with Gasteiger partial charge in [0, 0.05) is 23.0 Å². The van der Waals surface area contributed by atoms with Crippen LogP contribution in [-0.4, -0.2) is 12.3 Å². The molecule has 1 aliphatic heterocycles. The van der Waals surface area contributed by atoms with Gasteiger partial charge >= 0.3 is 0 Å². The van der Waals surface area contributed by atoms with Gasteiger partial charge in [0.05, 0.1) is 5.02 Å². The highest BCUT2D eigenvalue weighted by Crippen LogP contribution is 2.37. The number of hydrogen-bond donors (Lipinski definition) is 0. The van der Waals surface area contributed by atoms with E-state index in [1.807, 2.05) is 12.1 Å². The SMILES string of the molecule is CC1CCc2ccccc2N1c1ccc(C=O)c(Cl)c1. The van der Waals surface area contributed by atoms with Crippen LogP contribution >= 0.6 is 11.6 Å². The quantitative estimate of drug-likeness (QED) is 0.750. The highest BCUT2D eigenvalue weighted by atomic mass is 35.5. The van der Waals surface area contributed by atoms with E-state index in [0.29, 0.717) is 16.6 Å². The first-order chi connectivity index (χ1) is 9.70. The summed E-state index contributed by atoms with van der Waals surface area (Å²) in [5, 5.41) is 0.507. The summed E-state index contributed by atoms with van der Waals surface area (Å²) in [5.41, 5.74) is 4.18. The predicted octanol–water partition coefficient (Wildman–Crippen LogP) is 4.63. The van der Waals surface area contributed by atoms with E-state index in [-0.39, 0.29) is 0 Å². The molecule has 0 bridgehead atoms. The van der Waals surface area contributed by atoms with Gasteiger partial charge in [-0.1, -0.05) is 29.8 Å². The number of aryl methyl sites for hydroxylation is 1. The number of carbonyl (C=O) groups is 1. The molecule has 20 heavy (non-hydrogen) atoms. The van der Waals surface area contributed by atoms with Crippen molar-refractivity contribution >= 4 is 29.3 Å². The standard InChI is InChI=1S/C17H16ClNO/c1-12-6-7-13-4-2-3-5-17(13)19(12)15-9-8-14(11-20)16(18)10-15/h2-5,8-12H,6-7H2,1H3. The first-order valence-electron chi connectivity index (χ1n) is 6.82. The molecule has 0 spiro atoms. The Hall–Kier alpha value is -1.80. The van der Waals surface area contributed by atoms with Gasteiger partial charge < -0.3 is 4.90 Å². The predicted molar refractivity (Wildman–Crippen MR) is 83.2 cm³/mol. The van der Waals surface area contributed by atoms with Gasteiger partial charge in [0.2, 0.25) is 0 Å². The maximum absolute atomic E-state index is 10.9. The average Bonchev–Trinajstić information content (AvgIpc) is 2.47. The van der Waals surface area contributed by atoms with Gasteiger partial charge in [-0.05, 0) is 49.6 Å². The summed E-state index contributed by atoms with van der Waals surface area (Å²) in [4.78, 5) is 13.2. The maximum atomic E-state index is 10.9. The van der Waals surface area contributed by atoms with Crippen molar-refractivity contribution in [3.8, 4) is 0 Å². The minimum atomic E-state index is 0.419. The molecule has 102 valence electrons. The number of fused-ring (bicyclic) bond motifs is 1. The highest BCUT2D eigenvalue weighted by molar-refractivity contribution is 6.33. The van der Waals surface area contributed by atoms with E-state index in [2.05, 4.69) is 36.1 Å². The summed E-state index contributed by atoms with van der Waals surface area (Å²) in [6.07, 6.45) is 3.01. The lowest BCUT2D eigenvalue weighted by atomic mass is 9.96. The van der Waals surface area contributed by atoms with E-state index in [0.717, 1.165) is 24.8 Å². The number of nitrogens with zero attached hydrogens (tertiary/aromatic N) is 1. The second kappa shape index (κ2) is 5.29. The number of para-hydroxylation sites is 1. The summed E-state index contributed by atoms with van der Waals surface area (Å²) in [6.45, 7) is 2.22. The lowest BCUT2D eigenvalue weighted by Gasteiger charge is -2.37. The molecule has 0 amide bonds. The molecule has 0 saturated carbocycles. The summed E-state index contributed by atoms with van der Waals surface area (Å²) in [6, 6.07) is 14.5. The third-order valence-electron chi connectivity index (χ3n) is 3.91. The normalized spacial score (nSPS) is 17.7. The molecule has 0 aromatic heterocycles. The monoisotopic (exact) mass is 285 g/mol. The van der Waals surface area contributed by atoms with Crippen molar-refractivity contribution in [3.05, 3.63) is 58.6 Å². The van der Waals surface area contributed by atoms with Crippen LogP contribution in [0.5, 0.6) is 0 Å². The fourth-order valence-electron chi connectivity index (χ4n) is 2.84. The number of carbonyl (C=O) groups excluding carboxylic acids is 1. The van der Waals surface area contributed by atoms with Gasteiger partial charge in [-0.25, -0.2) is 0 Å². The Labute approximate surface area is 124 Å². The minimum Gasteiger partial charge on any atom is -0.338 e. The summed E-state index contributed by atoms with van der Waals surface area (Å²) in [5.74, 6) is 0. The van der Waals surface area contributed by atoms with Gasteiger partial charge in [-0.15, -0.1) is 0 Å². The van der Waals surface area contributed by atoms with Gasteiger partial charge in [0.1, 0.15) is 0 Å². The summed E-state index contributed by atoms with van der Waals surface area (Å²) < 4.78 is 0. The molecule has 1 aliphatic rings. The van der Waals surface area contributed by atoms with Crippen molar-refractivity contribution in [1.29, 1.82) is 0 Å².